The van der Waals surface area contributed by atoms with Gasteiger partial charge >= 0.3 is 0 Å². The molecule has 0 spiro atoms. The number of piperidine rings is 1. The molecule has 0 amide bonds. The number of aromatic nitrogens is 2. The molecule has 3 rings (SSSR count). The van der Waals surface area contributed by atoms with Gasteiger partial charge in [0.15, 0.2) is 0 Å². The summed E-state index contributed by atoms with van der Waals surface area (Å²) in [7, 11) is 2.13. The van der Waals surface area contributed by atoms with Gasteiger partial charge in [-0.2, -0.15) is 5.10 Å². The third-order valence-corrected chi connectivity index (χ3v) is 4.80. The average molecular weight is 247 g/mol. The lowest BCUT2D eigenvalue weighted by molar-refractivity contribution is 0.440. The highest BCUT2D eigenvalue weighted by Gasteiger charge is 2.27. The maximum absolute atomic E-state index is 4.86. The quantitative estimate of drug-likeness (QED) is 0.871. The minimum atomic E-state index is 0.673. The van der Waals surface area contributed by atoms with E-state index in [1.807, 2.05) is 0 Å². The summed E-state index contributed by atoms with van der Waals surface area (Å²) in [5, 5.41) is 8.38. The van der Waals surface area contributed by atoms with Crippen LogP contribution in [0.1, 0.15) is 67.3 Å². The van der Waals surface area contributed by atoms with Crippen molar-refractivity contribution >= 4 is 0 Å². The molecule has 18 heavy (non-hydrogen) atoms. The van der Waals surface area contributed by atoms with Gasteiger partial charge in [0.2, 0.25) is 0 Å². The van der Waals surface area contributed by atoms with Gasteiger partial charge in [0.25, 0.3) is 0 Å². The third-order valence-electron chi connectivity index (χ3n) is 4.80. The van der Waals surface area contributed by atoms with Gasteiger partial charge in [0, 0.05) is 31.1 Å². The van der Waals surface area contributed by atoms with E-state index in [0.717, 1.165) is 12.5 Å². The first kappa shape index (κ1) is 12.2. The zero-order valence-electron chi connectivity index (χ0n) is 11.7. The standard InChI is InChI=1S/C15H25N3/c1-11-14(12-6-3-4-7-12)17-18(2)15(11)13-8-5-9-16-10-13/h12-13,16H,3-10H2,1-2H3. The second-order valence-electron chi connectivity index (χ2n) is 6.04. The number of nitrogens with zero attached hydrogens (tertiary/aromatic N) is 2. The molecule has 1 aromatic rings. The maximum Gasteiger partial charge on any atom is 0.0687 e. The summed E-state index contributed by atoms with van der Waals surface area (Å²) in [6.45, 7) is 4.61. The van der Waals surface area contributed by atoms with Gasteiger partial charge in [-0.3, -0.25) is 4.68 Å². The SMILES string of the molecule is Cc1c(C2CCCC2)nn(C)c1C1CCCNC1. The van der Waals surface area contributed by atoms with Crippen molar-refractivity contribution in [1.82, 2.24) is 15.1 Å². The van der Waals surface area contributed by atoms with Crippen molar-refractivity contribution in [2.24, 2.45) is 7.05 Å². The fourth-order valence-corrected chi connectivity index (χ4v) is 3.91. The second kappa shape index (κ2) is 5.04. The molecule has 1 aromatic heterocycles. The summed E-state index contributed by atoms with van der Waals surface area (Å²) >= 11 is 0. The average Bonchev–Trinajstić information content (AvgIpc) is 2.99. The monoisotopic (exact) mass is 247 g/mol. The van der Waals surface area contributed by atoms with Crippen LogP contribution in [-0.2, 0) is 7.05 Å². The highest BCUT2D eigenvalue weighted by atomic mass is 15.3. The topological polar surface area (TPSA) is 29.9 Å². The van der Waals surface area contributed by atoms with Gasteiger partial charge in [-0.25, -0.2) is 0 Å². The summed E-state index contributed by atoms with van der Waals surface area (Å²) in [5.74, 6) is 1.41. The zero-order chi connectivity index (χ0) is 12.5. The summed E-state index contributed by atoms with van der Waals surface area (Å²) in [6, 6.07) is 0. The fourth-order valence-electron chi connectivity index (χ4n) is 3.91. The molecule has 1 saturated heterocycles. The predicted molar refractivity (Wildman–Crippen MR) is 74.0 cm³/mol. The second-order valence-corrected chi connectivity index (χ2v) is 6.04. The molecule has 3 nitrogen and oxygen atoms in total. The molecule has 0 radical (unpaired) electrons. The van der Waals surface area contributed by atoms with E-state index in [9.17, 15) is 0 Å². The summed E-state index contributed by atoms with van der Waals surface area (Å²) < 4.78 is 2.17. The lowest BCUT2D eigenvalue weighted by Crippen LogP contribution is -2.29. The Morgan fingerprint density at radius 1 is 1.11 bits per heavy atom. The van der Waals surface area contributed by atoms with E-state index < -0.39 is 0 Å². The van der Waals surface area contributed by atoms with Gasteiger partial charge in [-0.1, -0.05) is 12.8 Å². The molecular formula is C15H25N3. The van der Waals surface area contributed by atoms with Gasteiger partial charge in [-0.15, -0.1) is 0 Å². The fraction of sp³-hybridized carbons (Fsp3) is 0.800. The first-order valence-corrected chi connectivity index (χ1v) is 7.51. The van der Waals surface area contributed by atoms with Crippen LogP contribution in [0, 0.1) is 6.92 Å². The van der Waals surface area contributed by atoms with Crippen molar-refractivity contribution in [2.45, 2.75) is 57.3 Å². The number of hydrogen-bond donors (Lipinski definition) is 1. The lowest BCUT2D eigenvalue weighted by Gasteiger charge is -2.23. The summed E-state index contributed by atoms with van der Waals surface area (Å²) in [5.41, 5.74) is 4.37. The Morgan fingerprint density at radius 3 is 2.50 bits per heavy atom. The lowest BCUT2D eigenvalue weighted by atomic mass is 9.91. The molecule has 1 unspecified atom stereocenters. The van der Waals surface area contributed by atoms with E-state index in [0.29, 0.717) is 5.92 Å². The Kier molecular flexibility index (Phi) is 3.42. The number of rotatable bonds is 2. The van der Waals surface area contributed by atoms with Crippen molar-refractivity contribution < 1.29 is 0 Å². The number of nitrogens with one attached hydrogen (secondary N) is 1. The highest BCUT2D eigenvalue weighted by molar-refractivity contribution is 5.31. The molecule has 100 valence electrons. The van der Waals surface area contributed by atoms with E-state index in [-0.39, 0.29) is 0 Å². The van der Waals surface area contributed by atoms with E-state index >= 15 is 0 Å². The Balaban J connectivity index is 1.89. The van der Waals surface area contributed by atoms with Crippen molar-refractivity contribution in [2.75, 3.05) is 13.1 Å². The van der Waals surface area contributed by atoms with Gasteiger partial charge in [-0.05, 0) is 44.7 Å². The summed E-state index contributed by atoms with van der Waals surface area (Å²) in [4.78, 5) is 0. The highest BCUT2D eigenvalue weighted by Crippen LogP contribution is 2.37. The van der Waals surface area contributed by atoms with Crippen LogP contribution in [-0.4, -0.2) is 22.9 Å². The van der Waals surface area contributed by atoms with Gasteiger partial charge in [0.05, 0.1) is 5.69 Å². The van der Waals surface area contributed by atoms with Crippen LogP contribution in [0.25, 0.3) is 0 Å². The minimum absolute atomic E-state index is 0.673. The largest absolute Gasteiger partial charge is 0.316 e. The van der Waals surface area contributed by atoms with Crippen molar-refractivity contribution in [3.8, 4) is 0 Å². The van der Waals surface area contributed by atoms with Crippen LogP contribution < -0.4 is 5.32 Å². The Labute approximate surface area is 110 Å². The number of aryl methyl sites for hydroxylation is 1. The molecule has 2 aliphatic rings. The number of hydrogen-bond acceptors (Lipinski definition) is 2. The van der Waals surface area contributed by atoms with E-state index in [4.69, 9.17) is 5.10 Å². The van der Waals surface area contributed by atoms with Crippen LogP contribution in [0.2, 0.25) is 0 Å². The molecule has 2 fully saturated rings. The predicted octanol–water partition coefficient (Wildman–Crippen LogP) is 2.85. The van der Waals surface area contributed by atoms with Gasteiger partial charge < -0.3 is 5.32 Å². The zero-order valence-corrected chi connectivity index (χ0v) is 11.7. The summed E-state index contributed by atoms with van der Waals surface area (Å²) in [6.07, 6.45) is 8.09. The third kappa shape index (κ3) is 2.09. The molecule has 0 aromatic carbocycles. The molecule has 1 saturated carbocycles. The van der Waals surface area contributed by atoms with Crippen molar-refractivity contribution in [3.05, 3.63) is 17.0 Å². The minimum Gasteiger partial charge on any atom is -0.316 e. The first-order valence-electron chi connectivity index (χ1n) is 7.51. The van der Waals surface area contributed by atoms with E-state index in [1.165, 1.54) is 62.0 Å². The van der Waals surface area contributed by atoms with Crippen LogP contribution in [0.15, 0.2) is 0 Å². The van der Waals surface area contributed by atoms with E-state index in [2.05, 4.69) is 24.0 Å². The van der Waals surface area contributed by atoms with Crippen LogP contribution in [0.3, 0.4) is 0 Å². The first-order chi connectivity index (χ1) is 8.77. The molecule has 0 bridgehead atoms. The normalized spacial score (nSPS) is 25.8. The van der Waals surface area contributed by atoms with Crippen LogP contribution >= 0.6 is 0 Å². The molecule has 1 atom stereocenters. The van der Waals surface area contributed by atoms with Crippen molar-refractivity contribution in [1.29, 1.82) is 0 Å². The maximum atomic E-state index is 4.86. The molecular weight excluding hydrogens is 222 g/mol. The molecule has 1 N–H and O–H groups in total. The Hall–Kier alpha value is -0.830. The molecule has 1 aliphatic carbocycles. The van der Waals surface area contributed by atoms with E-state index in [1.54, 1.807) is 0 Å². The Morgan fingerprint density at radius 2 is 1.83 bits per heavy atom. The van der Waals surface area contributed by atoms with Crippen LogP contribution in [0.4, 0.5) is 0 Å². The van der Waals surface area contributed by atoms with Crippen molar-refractivity contribution in [3.63, 3.8) is 0 Å². The Bertz CT molecular complexity index is 410. The van der Waals surface area contributed by atoms with Gasteiger partial charge in [0.1, 0.15) is 0 Å². The van der Waals surface area contributed by atoms with Crippen LogP contribution in [0.5, 0.6) is 0 Å². The molecule has 3 heteroatoms. The molecule has 1 aliphatic heterocycles. The molecule has 2 heterocycles. The smallest absolute Gasteiger partial charge is 0.0687 e.